The monoisotopic (exact) mass is 255 g/mol. The van der Waals surface area contributed by atoms with Crippen LogP contribution >= 0.6 is 0 Å². The number of carbonyl (C=O) groups excluding carboxylic acids is 1. The average Bonchev–Trinajstić information content (AvgIpc) is 2.69. The molecule has 0 aromatic heterocycles. The molecule has 1 atom stereocenters. The Morgan fingerprint density at radius 3 is 2.50 bits per heavy atom. The summed E-state index contributed by atoms with van der Waals surface area (Å²) in [4.78, 5) is 13.8. The highest BCUT2D eigenvalue weighted by atomic mass is 16.6. The first-order chi connectivity index (χ1) is 8.11. The number of amides is 1. The molecule has 1 unspecified atom stereocenters. The minimum atomic E-state index is -0.423. The van der Waals surface area contributed by atoms with E-state index in [2.05, 4.69) is 24.5 Å². The van der Waals surface area contributed by atoms with Crippen LogP contribution < -0.4 is 10.6 Å². The van der Waals surface area contributed by atoms with Crippen molar-refractivity contribution in [2.45, 2.75) is 57.8 Å². The van der Waals surface area contributed by atoms with Crippen LogP contribution in [0.4, 0.5) is 4.79 Å². The fraction of sp³-hybridized carbons (Fsp3) is 0.923. The van der Waals surface area contributed by atoms with E-state index in [4.69, 9.17) is 4.74 Å². The SMILES string of the molecule is CC1(C)NCC2(CCN(C(=O)OC(C)(C)C)C2)N1. The first-order valence-electron chi connectivity index (χ1n) is 6.63. The first-order valence-corrected chi connectivity index (χ1v) is 6.63. The fourth-order valence-electron chi connectivity index (χ4n) is 2.74. The zero-order valence-electron chi connectivity index (χ0n) is 12.1. The lowest BCUT2D eigenvalue weighted by Crippen LogP contribution is -2.51. The van der Waals surface area contributed by atoms with E-state index in [0.717, 1.165) is 26.1 Å². The van der Waals surface area contributed by atoms with E-state index in [1.165, 1.54) is 0 Å². The zero-order chi connectivity index (χ0) is 13.6. The molecule has 2 aliphatic heterocycles. The molecule has 2 heterocycles. The third-order valence-corrected chi connectivity index (χ3v) is 3.45. The Morgan fingerprint density at radius 1 is 1.33 bits per heavy atom. The summed E-state index contributed by atoms with van der Waals surface area (Å²) in [5.74, 6) is 0. The minimum absolute atomic E-state index is 0.0143. The van der Waals surface area contributed by atoms with Gasteiger partial charge in [0.25, 0.3) is 0 Å². The Hall–Kier alpha value is -0.810. The van der Waals surface area contributed by atoms with Crippen molar-refractivity contribution in [2.24, 2.45) is 0 Å². The number of nitrogens with one attached hydrogen (secondary N) is 2. The first kappa shape index (κ1) is 13.6. The van der Waals surface area contributed by atoms with Gasteiger partial charge in [-0.15, -0.1) is 0 Å². The van der Waals surface area contributed by atoms with Gasteiger partial charge in [-0.05, 0) is 41.0 Å². The van der Waals surface area contributed by atoms with Gasteiger partial charge in [0.1, 0.15) is 5.60 Å². The standard InChI is InChI=1S/C13H25N3O2/c1-11(2,3)18-10(17)16-7-6-13(9-16)8-14-12(4,5)15-13/h14-15H,6-9H2,1-5H3. The lowest BCUT2D eigenvalue weighted by atomic mass is 10.0. The Labute approximate surface area is 109 Å². The quantitative estimate of drug-likeness (QED) is 0.685. The smallest absolute Gasteiger partial charge is 0.410 e. The highest BCUT2D eigenvalue weighted by Gasteiger charge is 2.48. The molecule has 0 saturated carbocycles. The van der Waals surface area contributed by atoms with Crippen LogP contribution in [0.1, 0.15) is 41.0 Å². The number of nitrogens with zero attached hydrogens (tertiary/aromatic N) is 1. The lowest BCUT2D eigenvalue weighted by Gasteiger charge is -2.28. The molecule has 2 aliphatic rings. The second kappa shape index (κ2) is 4.10. The maximum absolute atomic E-state index is 12.0. The molecular formula is C13H25N3O2. The third-order valence-electron chi connectivity index (χ3n) is 3.45. The van der Waals surface area contributed by atoms with Gasteiger partial charge in [-0.3, -0.25) is 10.6 Å². The predicted octanol–water partition coefficient (Wildman–Crippen LogP) is 1.29. The number of ether oxygens (including phenoxy) is 1. The normalized spacial score (nSPS) is 31.1. The predicted molar refractivity (Wildman–Crippen MR) is 70.4 cm³/mol. The van der Waals surface area contributed by atoms with E-state index in [0.29, 0.717) is 0 Å². The molecular weight excluding hydrogens is 230 g/mol. The van der Waals surface area contributed by atoms with Crippen LogP contribution in [0.3, 0.4) is 0 Å². The minimum Gasteiger partial charge on any atom is -0.444 e. The summed E-state index contributed by atoms with van der Waals surface area (Å²) in [7, 11) is 0. The molecule has 5 nitrogen and oxygen atoms in total. The third kappa shape index (κ3) is 2.95. The molecule has 2 rings (SSSR count). The van der Waals surface area contributed by atoms with Crippen molar-refractivity contribution in [3.8, 4) is 0 Å². The van der Waals surface area contributed by atoms with Crippen LogP contribution in [0.2, 0.25) is 0 Å². The van der Waals surface area contributed by atoms with Crippen molar-refractivity contribution < 1.29 is 9.53 Å². The van der Waals surface area contributed by atoms with E-state index >= 15 is 0 Å². The van der Waals surface area contributed by atoms with Crippen molar-refractivity contribution in [1.82, 2.24) is 15.5 Å². The Bertz CT molecular complexity index is 349. The van der Waals surface area contributed by atoms with E-state index in [9.17, 15) is 4.79 Å². The molecule has 0 bridgehead atoms. The van der Waals surface area contributed by atoms with Crippen molar-refractivity contribution in [3.63, 3.8) is 0 Å². The highest BCUT2D eigenvalue weighted by Crippen LogP contribution is 2.28. The number of carbonyl (C=O) groups is 1. The van der Waals surface area contributed by atoms with Crippen molar-refractivity contribution >= 4 is 6.09 Å². The number of rotatable bonds is 0. The zero-order valence-corrected chi connectivity index (χ0v) is 12.1. The number of hydrogen-bond acceptors (Lipinski definition) is 4. The molecule has 1 amide bonds. The van der Waals surface area contributed by atoms with Crippen LogP contribution in [0, 0.1) is 0 Å². The van der Waals surface area contributed by atoms with Gasteiger partial charge in [-0.1, -0.05) is 0 Å². The summed E-state index contributed by atoms with van der Waals surface area (Å²) >= 11 is 0. The van der Waals surface area contributed by atoms with Gasteiger partial charge in [0.05, 0.1) is 11.2 Å². The van der Waals surface area contributed by atoms with E-state index in [1.54, 1.807) is 4.90 Å². The largest absolute Gasteiger partial charge is 0.444 e. The topological polar surface area (TPSA) is 53.6 Å². The second-order valence-corrected chi connectivity index (χ2v) is 7.04. The molecule has 2 N–H and O–H groups in total. The summed E-state index contributed by atoms with van der Waals surface area (Å²) in [5, 5.41) is 7.04. The molecule has 2 saturated heterocycles. The van der Waals surface area contributed by atoms with E-state index in [1.807, 2.05) is 20.8 Å². The highest BCUT2D eigenvalue weighted by molar-refractivity contribution is 5.68. The molecule has 0 aliphatic carbocycles. The molecule has 104 valence electrons. The van der Waals surface area contributed by atoms with Crippen LogP contribution in [0.5, 0.6) is 0 Å². The van der Waals surface area contributed by atoms with Crippen LogP contribution in [0.25, 0.3) is 0 Å². The van der Waals surface area contributed by atoms with Crippen molar-refractivity contribution in [2.75, 3.05) is 19.6 Å². The van der Waals surface area contributed by atoms with Gasteiger partial charge in [-0.25, -0.2) is 4.79 Å². The van der Waals surface area contributed by atoms with Crippen LogP contribution in [-0.4, -0.2) is 47.4 Å². The van der Waals surface area contributed by atoms with Gasteiger partial charge >= 0.3 is 6.09 Å². The summed E-state index contributed by atoms with van der Waals surface area (Å²) in [6, 6.07) is 0. The molecule has 0 aromatic carbocycles. The Kier molecular flexibility index (Phi) is 3.10. The Morgan fingerprint density at radius 2 is 2.00 bits per heavy atom. The molecule has 5 heteroatoms. The lowest BCUT2D eigenvalue weighted by molar-refractivity contribution is 0.0282. The summed E-state index contributed by atoms with van der Waals surface area (Å²) in [5.41, 5.74) is -0.461. The van der Waals surface area contributed by atoms with Crippen LogP contribution in [0.15, 0.2) is 0 Å². The van der Waals surface area contributed by atoms with E-state index < -0.39 is 5.60 Å². The molecule has 18 heavy (non-hydrogen) atoms. The molecule has 0 aromatic rings. The van der Waals surface area contributed by atoms with Gasteiger partial charge in [0.2, 0.25) is 0 Å². The second-order valence-electron chi connectivity index (χ2n) is 7.04. The van der Waals surface area contributed by atoms with Gasteiger partial charge in [0.15, 0.2) is 0 Å². The average molecular weight is 255 g/mol. The summed E-state index contributed by atoms with van der Waals surface area (Å²) < 4.78 is 5.42. The molecule has 1 spiro atoms. The fourth-order valence-corrected chi connectivity index (χ4v) is 2.74. The van der Waals surface area contributed by atoms with Crippen molar-refractivity contribution in [3.05, 3.63) is 0 Å². The van der Waals surface area contributed by atoms with Crippen molar-refractivity contribution in [1.29, 1.82) is 0 Å². The van der Waals surface area contributed by atoms with Gasteiger partial charge < -0.3 is 9.64 Å². The molecule has 2 fully saturated rings. The maximum atomic E-state index is 12.0. The van der Waals surface area contributed by atoms with Gasteiger partial charge in [0, 0.05) is 19.6 Å². The Balaban J connectivity index is 1.95. The van der Waals surface area contributed by atoms with E-state index in [-0.39, 0.29) is 17.3 Å². The maximum Gasteiger partial charge on any atom is 0.410 e. The summed E-state index contributed by atoms with van der Waals surface area (Å²) in [6.45, 7) is 12.3. The van der Waals surface area contributed by atoms with Crippen LogP contribution in [-0.2, 0) is 4.74 Å². The number of hydrogen-bond donors (Lipinski definition) is 2. The summed E-state index contributed by atoms with van der Waals surface area (Å²) in [6.07, 6.45) is 0.772. The van der Waals surface area contributed by atoms with Gasteiger partial charge in [-0.2, -0.15) is 0 Å². The number of likely N-dealkylation sites (tertiary alicyclic amines) is 1. The molecule has 0 radical (unpaired) electrons.